The molecule has 1 rings (SSSR count). The van der Waals surface area contributed by atoms with Gasteiger partial charge in [0.15, 0.2) is 0 Å². The molecule has 0 saturated carbocycles. The van der Waals surface area contributed by atoms with Crippen LogP contribution < -0.4 is 15.4 Å². The number of amides is 2. The molecular weight excluding hydrogens is 296 g/mol. The normalized spacial score (nSPS) is 13.1. The summed E-state index contributed by atoms with van der Waals surface area (Å²) in [6.45, 7) is 3.35. The van der Waals surface area contributed by atoms with E-state index in [4.69, 9.17) is 21.4 Å². The number of benzene rings is 1. The largest absolute Gasteiger partial charge is 0.496 e. The minimum Gasteiger partial charge on any atom is -0.496 e. The van der Waals surface area contributed by atoms with E-state index < -0.39 is 24.0 Å². The van der Waals surface area contributed by atoms with Crippen LogP contribution in [-0.4, -0.2) is 30.3 Å². The fourth-order valence-electron chi connectivity index (χ4n) is 1.67. The number of aliphatic carboxylic acids is 1. The maximum Gasteiger partial charge on any atom is 0.315 e. The quantitative estimate of drug-likeness (QED) is 0.751. The summed E-state index contributed by atoms with van der Waals surface area (Å²) < 4.78 is 5.18. The number of methoxy groups -OCH3 is 1. The highest BCUT2D eigenvalue weighted by Crippen LogP contribution is 2.25. The highest BCUT2D eigenvalue weighted by Gasteiger charge is 2.21. The average molecular weight is 315 g/mol. The third-order valence-electron chi connectivity index (χ3n) is 3.22. The van der Waals surface area contributed by atoms with Gasteiger partial charge in [0, 0.05) is 23.2 Å². The Balaban J connectivity index is 2.60. The van der Waals surface area contributed by atoms with Gasteiger partial charge in [0.25, 0.3) is 0 Å². The highest BCUT2D eigenvalue weighted by atomic mass is 35.5. The van der Waals surface area contributed by atoms with Gasteiger partial charge in [-0.1, -0.05) is 17.7 Å². The van der Waals surface area contributed by atoms with Gasteiger partial charge in [-0.2, -0.15) is 0 Å². The second kappa shape index (κ2) is 7.73. The van der Waals surface area contributed by atoms with Crippen molar-refractivity contribution in [2.24, 2.45) is 5.92 Å². The summed E-state index contributed by atoms with van der Waals surface area (Å²) >= 11 is 6.06. The Kier molecular flexibility index (Phi) is 6.30. The second-order valence-corrected chi connectivity index (χ2v) is 5.07. The zero-order chi connectivity index (χ0) is 16.0. The zero-order valence-corrected chi connectivity index (χ0v) is 12.9. The molecule has 0 aliphatic carbocycles. The van der Waals surface area contributed by atoms with Crippen LogP contribution in [0.1, 0.15) is 19.4 Å². The van der Waals surface area contributed by atoms with Crippen molar-refractivity contribution >= 4 is 23.6 Å². The van der Waals surface area contributed by atoms with Crippen molar-refractivity contribution in [2.45, 2.75) is 26.4 Å². The predicted molar refractivity (Wildman–Crippen MR) is 79.6 cm³/mol. The lowest BCUT2D eigenvalue weighted by Crippen LogP contribution is -2.45. The number of carboxylic acids is 1. The Hall–Kier alpha value is -1.95. The molecule has 2 amide bonds. The number of nitrogens with one attached hydrogen (secondary N) is 2. The van der Waals surface area contributed by atoms with Gasteiger partial charge in [-0.05, 0) is 26.0 Å². The van der Waals surface area contributed by atoms with Crippen molar-refractivity contribution in [3.8, 4) is 5.75 Å². The first-order valence-electron chi connectivity index (χ1n) is 6.45. The number of carbonyl (C=O) groups is 2. The molecule has 21 heavy (non-hydrogen) atoms. The lowest BCUT2D eigenvalue weighted by Gasteiger charge is -2.18. The molecule has 0 fully saturated rings. The maximum absolute atomic E-state index is 11.8. The van der Waals surface area contributed by atoms with E-state index in [1.165, 1.54) is 14.0 Å². The summed E-state index contributed by atoms with van der Waals surface area (Å²) in [6, 6.07) is 4.25. The van der Waals surface area contributed by atoms with Gasteiger partial charge < -0.3 is 20.5 Å². The molecule has 6 nitrogen and oxygen atoms in total. The van der Waals surface area contributed by atoms with E-state index in [0.29, 0.717) is 16.3 Å². The van der Waals surface area contributed by atoms with Gasteiger partial charge in [0.05, 0.1) is 13.0 Å². The fourth-order valence-corrected chi connectivity index (χ4v) is 1.90. The van der Waals surface area contributed by atoms with Crippen molar-refractivity contribution in [1.82, 2.24) is 10.6 Å². The molecule has 0 spiro atoms. The minimum absolute atomic E-state index is 0.183. The molecule has 0 radical (unpaired) electrons. The SMILES string of the molecule is COc1cccc(Cl)c1CNC(=O)NC(C)C(C)C(=O)O. The van der Waals surface area contributed by atoms with Gasteiger partial charge in [0.1, 0.15) is 5.75 Å². The maximum atomic E-state index is 11.8. The molecule has 1 aromatic carbocycles. The van der Waals surface area contributed by atoms with Crippen molar-refractivity contribution < 1.29 is 19.4 Å². The fraction of sp³-hybridized carbons (Fsp3) is 0.429. The Morgan fingerprint density at radius 2 is 2.05 bits per heavy atom. The summed E-state index contributed by atoms with van der Waals surface area (Å²) in [5.41, 5.74) is 0.663. The number of ether oxygens (including phenoxy) is 1. The topological polar surface area (TPSA) is 87.7 Å². The van der Waals surface area contributed by atoms with E-state index in [1.54, 1.807) is 25.1 Å². The molecule has 7 heteroatoms. The predicted octanol–water partition coefficient (Wildman–Crippen LogP) is 2.26. The first kappa shape index (κ1) is 17.1. The van der Waals surface area contributed by atoms with Crippen LogP contribution in [0.4, 0.5) is 4.79 Å². The van der Waals surface area contributed by atoms with E-state index in [2.05, 4.69) is 10.6 Å². The van der Waals surface area contributed by atoms with E-state index in [1.807, 2.05) is 0 Å². The van der Waals surface area contributed by atoms with Crippen molar-refractivity contribution in [3.63, 3.8) is 0 Å². The van der Waals surface area contributed by atoms with Crippen LogP contribution in [0.3, 0.4) is 0 Å². The Bertz CT molecular complexity index is 522. The molecule has 0 heterocycles. The third-order valence-corrected chi connectivity index (χ3v) is 3.57. The minimum atomic E-state index is -0.962. The van der Waals surface area contributed by atoms with Crippen LogP contribution in [0.5, 0.6) is 5.75 Å². The Morgan fingerprint density at radius 3 is 2.62 bits per heavy atom. The van der Waals surface area contributed by atoms with Crippen molar-refractivity contribution in [2.75, 3.05) is 7.11 Å². The molecule has 2 unspecified atom stereocenters. The molecule has 0 aromatic heterocycles. The number of rotatable bonds is 6. The summed E-state index contributed by atoms with van der Waals surface area (Å²) in [7, 11) is 1.52. The van der Waals surface area contributed by atoms with Crippen LogP contribution in [0.15, 0.2) is 18.2 Å². The molecular formula is C14H19ClN2O4. The number of hydrogen-bond donors (Lipinski definition) is 3. The number of halogens is 1. The van der Waals surface area contributed by atoms with Crippen LogP contribution >= 0.6 is 11.6 Å². The lowest BCUT2D eigenvalue weighted by atomic mass is 10.0. The monoisotopic (exact) mass is 314 g/mol. The molecule has 3 N–H and O–H groups in total. The molecule has 0 saturated heterocycles. The van der Waals surface area contributed by atoms with Crippen LogP contribution in [-0.2, 0) is 11.3 Å². The van der Waals surface area contributed by atoms with Crippen LogP contribution in [0.2, 0.25) is 5.02 Å². The Labute approximate surface area is 128 Å². The number of urea groups is 1. The first-order chi connectivity index (χ1) is 9.86. The standard InChI is InChI=1S/C14H19ClN2O4/c1-8(13(18)19)9(2)17-14(20)16-7-10-11(15)5-4-6-12(10)21-3/h4-6,8-9H,7H2,1-3H3,(H,18,19)(H2,16,17,20). The van der Waals surface area contributed by atoms with Gasteiger partial charge in [0.2, 0.25) is 0 Å². The van der Waals surface area contributed by atoms with E-state index in [-0.39, 0.29) is 6.54 Å². The number of hydrogen-bond acceptors (Lipinski definition) is 3. The summed E-state index contributed by atoms with van der Waals surface area (Å²) in [6.07, 6.45) is 0. The average Bonchev–Trinajstić information content (AvgIpc) is 2.44. The first-order valence-corrected chi connectivity index (χ1v) is 6.83. The third kappa shape index (κ3) is 4.82. The zero-order valence-electron chi connectivity index (χ0n) is 12.1. The van der Waals surface area contributed by atoms with E-state index in [0.717, 1.165) is 0 Å². The molecule has 0 aliphatic rings. The van der Waals surface area contributed by atoms with Crippen LogP contribution in [0, 0.1) is 5.92 Å². The Morgan fingerprint density at radius 1 is 1.38 bits per heavy atom. The lowest BCUT2D eigenvalue weighted by molar-refractivity contribution is -0.141. The molecule has 116 valence electrons. The molecule has 2 atom stereocenters. The summed E-state index contributed by atoms with van der Waals surface area (Å²) in [5, 5.41) is 14.6. The molecule has 1 aromatic rings. The highest BCUT2D eigenvalue weighted by molar-refractivity contribution is 6.31. The van der Waals surface area contributed by atoms with Gasteiger partial charge >= 0.3 is 12.0 Å². The van der Waals surface area contributed by atoms with Gasteiger partial charge in [-0.15, -0.1) is 0 Å². The van der Waals surface area contributed by atoms with E-state index >= 15 is 0 Å². The van der Waals surface area contributed by atoms with E-state index in [9.17, 15) is 9.59 Å². The number of carboxylic acid groups (broad SMARTS) is 1. The summed E-state index contributed by atoms with van der Waals surface area (Å²) in [5.74, 6) is -1.06. The molecule has 0 aliphatic heterocycles. The number of carbonyl (C=O) groups excluding carboxylic acids is 1. The molecule has 0 bridgehead atoms. The smallest absolute Gasteiger partial charge is 0.315 e. The van der Waals surface area contributed by atoms with Gasteiger partial charge in [-0.25, -0.2) is 4.79 Å². The van der Waals surface area contributed by atoms with Gasteiger partial charge in [-0.3, -0.25) is 4.79 Å². The van der Waals surface area contributed by atoms with Crippen molar-refractivity contribution in [1.29, 1.82) is 0 Å². The second-order valence-electron chi connectivity index (χ2n) is 4.66. The van der Waals surface area contributed by atoms with Crippen LogP contribution in [0.25, 0.3) is 0 Å². The summed E-state index contributed by atoms with van der Waals surface area (Å²) in [4.78, 5) is 22.6. The van der Waals surface area contributed by atoms with Crippen molar-refractivity contribution in [3.05, 3.63) is 28.8 Å².